The number of halogens is 5. The third-order valence-corrected chi connectivity index (χ3v) is 7.27. The fourth-order valence-electron chi connectivity index (χ4n) is 3.37. The Labute approximate surface area is 193 Å². The molecule has 0 radical (unpaired) electrons. The molecule has 1 heterocycles. The van der Waals surface area contributed by atoms with E-state index >= 15 is 0 Å². The summed E-state index contributed by atoms with van der Waals surface area (Å²) in [6.45, 7) is 2.51. The van der Waals surface area contributed by atoms with E-state index in [2.05, 4.69) is 4.72 Å². The molecule has 2 aromatic rings. The van der Waals surface area contributed by atoms with Gasteiger partial charge in [-0.05, 0) is 43.3 Å². The molecule has 1 atom stereocenters. The Balaban J connectivity index is 1.63. The number of benzene rings is 2. The molecule has 0 aliphatic carbocycles. The lowest BCUT2D eigenvalue weighted by Gasteiger charge is -2.37. The first-order chi connectivity index (χ1) is 14.9. The summed E-state index contributed by atoms with van der Waals surface area (Å²) in [6.07, 6.45) is -4.44. The fourth-order valence-corrected chi connectivity index (χ4v) is 5.33. The number of anilines is 1. The van der Waals surface area contributed by atoms with E-state index in [1.807, 2.05) is 0 Å². The molecule has 1 fully saturated rings. The van der Waals surface area contributed by atoms with E-state index in [0.29, 0.717) is 18.8 Å². The summed E-state index contributed by atoms with van der Waals surface area (Å²) in [5, 5.41) is 0.149. The molecule has 2 aromatic carbocycles. The van der Waals surface area contributed by atoms with Gasteiger partial charge in [-0.2, -0.15) is 17.9 Å². The highest BCUT2D eigenvalue weighted by atomic mass is 35.5. The van der Waals surface area contributed by atoms with Crippen LogP contribution < -0.4 is 9.62 Å². The monoisotopic (exact) mass is 509 g/mol. The molecule has 0 unspecified atom stereocenters. The molecule has 0 spiro atoms. The Morgan fingerprint density at radius 2 is 1.72 bits per heavy atom. The first-order valence-corrected chi connectivity index (χ1v) is 11.8. The molecule has 0 saturated carbocycles. The Morgan fingerprint density at radius 3 is 2.34 bits per heavy atom. The van der Waals surface area contributed by atoms with Crippen LogP contribution in [0.1, 0.15) is 12.5 Å². The molecule has 3 rings (SSSR count). The summed E-state index contributed by atoms with van der Waals surface area (Å²) in [7, 11) is -4.10. The van der Waals surface area contributed by atoms with Crippen molar-refractivity contribution in [3.05, 3.63) is 58.1 Å². The molecule has 174 valence electrons. The molecule has 0 bridgehead atoms. The average Bonchev–Trinajstić information content (AvgIpc) is 2.74. The number of amides is 1. The first-order valence-electron chi connectivity index (χ1n) is 9.57. The Hall–Kier alpha value is -2.01. The van der Waals surface area contributed by atoms with Crippen LogP contribution in [-0.2, 0) is 21.0 Å². The van der Waals surface area contributed by atoms with Crippen LogP contribution >= 0.6 is 23.2 Å². The fraction of sp³-hybridized carbons (Fsp3) is 0.350. The predicted octanol–water partition coefficient (Wildman–Crippen LogP) is 4.03. The van der Waals surface area contributed by atoms with E-state index < -0.39 is 33.7 Å². The number of alkyl halides is 3. The molecule has 32 heavy (non-hydrogen) atoms. The smallest absolute Gasteiger partial charge is 0.368 e. The third kappa shape index (κ3) is 5.67. The summed E-state index contributed by atoms with van der Waals surface area (Å²) in [5.74, 6) is -0.449. The van der Waals surface area contributed by atoms with Crippen LogP contribution in [-0.4, -0.2) is 51.4 Å². The number of nitrogens with one attached hydrogen (secondary N) is 1. The van der Waals surface area contributed by atoms with Gasteiger partial charge in [-0.1, -0.05) is 29.3 Å². The Morgan fingerprint density at radius 1 is 1.06 bits per heavy atom. The molecular formula is C20H20Cl2F3N3O3S. The topological polar surface area (TPSA) is 69.7 Å². The predicted molar refractivity (Wildman–Crippen MR) is 116 cm³/mol. The van der Waals surface area contributed by atoms with E-state index in [9.17, 15) is 26.4 Å². The van der Waals surface area contributed by atoms with Crippen molar-refractivity contribution in [3.63, 3.8) is 0 Å². The normalized spacial score (nSPS) is 16.2. The first kappa shape index (κ1) is 24.6. The standard InChI is InChI=1S/C20H20Cl2F3N3O3S/c1-13(26-32(30,31)18-12-15(21)5-6-17(18)22)19(29)28-9-7-27(8-10-28)16-4-2-3-14(11-16)20(23,24)25/h2-6,11-13,26H,7-10H2,1H3/t13-/m1/s1. The van der Waals surface area contributed by atoms with Crippen molar-refractivity contribution in [2.75, 3.05) is 31.1 Å². The minimum Gasteiger partial charge on any atom is -0.368 e. The minimum absolute atomic E-state index is 0.0312. The zero-order valence-corrected chi connectivity index (χ0v) is 19.2. The van der Waals surface area contributed by atoms with Gasteiger partial charge in [0.1, 0.15) is 4.90 Å². The number of carbonyl (C=O) groups excluding carboxylic acids is 1. The maximum atomic E-state index is 13.0. The quantitative estimate of drug-likeness (QED) is 0.660. The van der Waals surface area contributed by atoms with Crippen LogP contribution in [0.3, 0.4) is 0 Å². The van der Waals surface area contributed by atoms with Crippen molar-refractivity contribution in [2.24, 2.45) is 0 Å². The van der Waals surface area contributed by atoms with Crippen molar-refractivity contribution in [1.82, 2.24) is 9.62 Å². The van der Waals surface area contributed by atoms with Crippen LogP contribution in [0.4, 0.5) is 18.9 Å². The highest BCUT2D eigenvalue weighted by Crippen LogP contribution is 2.32. The van der Waals surface area contributed by atoms with Gasteiger partial charge in [0.25, 0.3) is 0 Å². The van der Waals surface area contributed by atoms with Crippen LogP contribution in [0.25, 0.3) is 0 Å². The van der Waals surface area contributed by atoms with Gasteiger partial charge in [0, 0.05) is 36.9 Å². The Bertz CT molecular complexity index is 1100. The van der Waals surface area contributed by atoms with Crippen LogP contribution in [0, 0.1) is 0 Å². The highest BCUT2D eigenvalue weighted by molar-refractivity contribution is 7.89. The second-order valence-corrected chi connectivity index (χ2v) is 9.80. The molecule has 12 heteroatoms. The molecule has 0 aromatic heterocycles. The Kier molecular flexibility index (Phi) is 7.28. The highest BCUT2D eigenvalue weighted by Gasteiger charge is 2.32. The molecule has 1 amide bonds. The van der Waals surface area contributed by atoms with Crippen molar-refractivity contribution in [1.29, 1.82) is 0 Å². The molecular weight excluding hydrogens is 490 g/mol. The van der Waals surface area contributed by atoms with Crippen molar-refractivity contribution in [2.45, 2.75) is 24.0 Å². The lowest BCUT2D eigenvalue weighted by atomic mass is 10.1. The number of rotatable bonds is 5. The summed E-state index contributed by atoms with van der Waals surface area (Å²) < 4.78 is 66.4. The largest absolute Gasteiger partial charge is 0.416 e. The summed E-state index contributed by atoms with van der Waals surface area (Å²) in [4.78, 5) is 15.7. The van der Waals surface area contributed by atoms with Gasteiger partial charge in [-0.25, -0.2) is 8.42 Å². The zero-order chi connectivity index (χ0) is 23.7. The molecule has 6 nitrogen and oxygen atoms in total. The van der Waals surface area contributed by atoms with E-state index in [-0.39, 0.29) is 28.0 Å². The minimum atomic E-state index is -4.44. The van der Waals surface area contributed by atoms with Gasteiger partial charge < -0.3 is 9.80 Å². The summed E-state index contributed by atoms with van der Waals surface area (Å²) in [6, 6.07) is 7.91. The van der Waals surface area contributed by atoms with Gasteiger partial charge >= 0.3 is 6.18 Å². The summed E-state index contributed by atoms with van der Waals surface area (Å²) in [5.41, 5.74) is -0.326. The average molecular weight is 510 g/mol. The summed E-state index contributed by atoms with van der Waals surface area (Å²) >= 11 is 11.8. The number of hydrogen-bond donors (Lipinski definition) is 1. The van der Waals surface area contributed by atoms with Gasteiger partial charge in [0.15, 0.2) is 0 Å². The van der Waals surface area contributed by atoms with Crippen LogP contribution in [0.15, 0.2) is 47.4 Å². The lowest BCUT2D eigenvalue weighted by Crippen LogP contribution is -2.54. The number of hydrogen-bond acceptors (Lipinski definition) is 4. The lowest BCUT2D eigenvalue weighted by molar-refractivity contribution is -0.137. The van der Waals surface area contributed by atoms with E-state index in [0.717, 1.165) is 12.1 Å². The van der Waals surface area contributed by atoms with Crippen LogP contribution in [0.5, 0.6) is 0 Å². The van der Waals surface area contributed by atoms with Gasteiger partial charge in [0.2, 0.25) is 15.9 Å². The maximum Gasteiger partial charge on any atom is 0.416 e. The molecule has 1 N–H and O–H groups in total. The van der Waals surface area contributed by atoms with Crippen molar-refractivity contribution < 1.29 is 26.4 Å². The zero-order valence-electron chi connectivity index (χ0n) is 16.9. The molecule has 1 aliphatic heterocycles. The van der Waals surface area contributed by atoms with Crippen molar-refractivity contribution in [3.8, 4) is 0 Å². The van der Waals surface area contributed by atoms with Crippen molar-refractivity contribution >= 4 is 44.8 Å². The van der Waals surface area contributed by atoms with E-state index in [4.69, 9.17) is 23.2 Å². The van der Waals surface area contributed by atoms with Gasteiger partial charge in [-0.3, -0.25) is 4.79 Å². The second-order valence-electron chi connectivity index (χ2n) is 7.28. The maximum absolute atomic E-state index is 13.0. The third-order valence-electron chi connectivity index (χ3n) is 5.02. The van der Waals surface area contributed by atoms with E-state index in [1.54, 1.807) is 11.0 Å². The van der Waals surface area contributed by atoms with Gasteiger partial charge in [0.05, 0.1) is 16.6 Å². The number of carbonyl (C=O) groups is 1. The second kappa shape index (κ2) is 9.46. The number of sulfonamides is 1. The van der Waals surface area contributed by atoms with Crippen LogP contribution in [0.2, 0.25) is 10.0 Å². The number of piperazine rings is 1. The molecule has 1 aliphatic rings. The SMILES string of the molecule is C[C@@H](NS(=O)(=O)c1cc(Cl)ccc1Cl)C(=O)N1CCN(c2cccc(C(F)(F)F)c2)CC1. The number of nitrogens with zero attached hydrogens (tertiary/aromatic N) is 2. The van der Waals surface area contributed by atoms with Gasteiger partial charge in [-0.15, -0.1) is 0 Å². The molecule has 1 saturated heterocycles. The van der Waals surface area contributed by atoms with E-state index in [1.165, 1.54) is 36.1 Å².